The number of thiophene rings is 1. The average molecular weight is 539 g/mol. The van der Waals surface area contributed by atoms with Gasteiger partial charge in [0.15, 0.2) is 5.75 Å². The molecular formula is C24H22Cl3N3O3S. The zero-order valence-electron chi connectivity index (χ0n) is 18.2. The second-order valence-electron chi connectivity index (χ2n) is 8.11. The fourth-order valence-electron chi connectivity index (χ4n) is 3.99. The van der Waals surface area contributed by atoms with Gasteiger partial charge in [0.25, 0.3) is 5.91 Å². The molecule has 3 aromatic rings. The summed E-state index contributed by atoms with van der Waals surface area (Å²) in [7, 11) is 1.53. The van der Waals surface area contributed by atoms with Gasteiger partial charge in [0.05, 0.1) is 17.7 Å². The van der Waals surface area contributed by atoms with Gasteiger partial charge >= 0.3 is 0 Å². The molecule has 6 nitrogen and oxygen atoms in total. The quantitative estimate of drug-likeness (QED) is 0.450. The number of hydrogen-bond acceptors (Lipinski definition) is 5. The lowest BCUT2D eigenvalue weighted by Gasteiger charge is -2.36. The van der Waals surface area contributed by atoms with E-state index in [0.717, 1.165) is 21.6 Å². The Kier molecular flexibility index (Phi) is 7.12. The van der Waals surface area contributed by atoms with Crippen molar-refractivity contribution in [2.75, 3.05) is 20.2 Å². The number of piperidine rings is 1. The minimum Gasteiger partial charge on any atom is -0.494 e. The number of nitrogens with zero attached hydrogens (tertiary/aromatic N) is 1. The first-order valence-corrected chi connectivity index (χ1v) is 12.4. The van der Waals surface area contributed by atoms with Crippen LogP contribution in [0.3, 0.4) is 0 Å². The largest absolute Gasteiger partial charge is 0.494 e. The Balaban J connectivity index is 1.82. The first-order valence-electron chi connectivity index (χ1n) is 10.4. The van der Waals surface area contributed by atoms with Crippen molar-refractivity contribution in [3.63, 3.8) is 0 Å². The van der Waals surface area contributed by atoms with Crippen molar-refractivity contribution in [1.82, 2.24) is 4.90 Å². The normalized spacial score (nSPS) is 15.3. The number of benzene rings is 2. The molecule has 0 atom stereocenters. The van der Waals surface area contributed by atoms with Crippen LogP contribution in [0.4, 0.5) is 0 Å². The molecule has 0 saturated carbocycles. The SMILES string of the molecule is COc1c(C(=O)N2CCC(N)(C(N)=O)CC2)sc(-c2ccc(Cl)cc2Cl)c1-c1ccc(Cl)cc1. The van der Waals surface area contributed by atoms with Gasteiger partial charge in [-0.3, -0.25) is 9.59 Å². The molecule has 1 aromatic heterocycles. The molecule has 2 amide bonds. The molecule has 1 aliphatic heterocycles. The van der Waals surface area contributed by atoms with Crippen LogP contribution in [-0.2, 0) is 4.79 Å². The Morgan fingerprint density at radius 3 is 2.21 bits per heavy atom. The molecule has 10 heteroatoms. The van der Waals surface area contributed by atoms with Gasteiger partial charge in [0, 0.05) is 39.1 Å². The number of nitrogens with two attached hydrogens (primary N) is 2. The minimum atomic E-state index is -1.10. The first-order chi connectivity index (χ1) is 16.1. The third-order valence-electron chi connectivity index (χ3n) is 6.01. The highest BCUT2D eigenvalue weighted by Crippen LogP contribution is 2.50. The van der Waals surface area contributed by atoms with E-state index >= 15 is 0 Å². The number of rotatable bonds is 5. The summed E-state index contributed by atoms with van der Waals surface area (Å²) in [4.78, 5) is 28.2. The summed E-state index contributed by atoms with van der Waals surface area (Å²) in [6, 6.07) is 12.5. The highest BCUT2D eigenvalue weighted by Gasteiger charge is 2.39. The highest BCUT2D eigenvalue weighted by atomic mass is 35.5. The van der Waals surface area contributed by atoms with E-state index in [2.05, 4.69) is 0 Å². The zero-order valence-corrected chi connectivity index (χ0v) is 21.3. The standard InChI is InChI=1S/C24H22Cl3N3O3S/c1-33-19-18(13-2-4-14(25)5-3-13)20(16-7-6-15(26)12-17(16)27)34-21(19)22(31)30-10-8-24(29,9-11-30)23(28)32/h2-7,12H,8-11,29H2,1H3,(H2,28,32). The van der Waals surface area contributed by atoms with Gasteiger partial charge in [-0.2, -0.15) is 0 Å². The topological polar surface area (TPSA) is 98.7 Å². The summed E-state index contributed by atoms with van der Waals surface area (Å²) >= 11 is 20.1. The second-order valence-corrected chi connectivity index (χ2v) is 10.4. The number of methoxy groups -OCH3 is 1. The monoisotopic (exact) mass is 537 g/mol. The summed E-state index contributed by atoms with van der Waals surface area (Å²) in [5.41, 5.74) is 12.7. The van der Waals surface area contributed by atoms with Crippen molar-refractivity contribution < 1.29 is 14.3 Å². The fourth-order valence-corrected chi connectivity index (χ4v) is 5.98. The van der Waals surface area contributed by atoms with E-state index in [1.807, 2.05) is 18.2 Å². The number of halogens is 3. The van der Waals surface area contributed by atoms with E-state index in [4.69, 9.17) is 51.0 Å². The highest BCUT2D eigenvalue weighted by molar-refractivity contribution is 7.18. The molecule has 2 aromatic carbocycles. The molecule has 0 spiro atoms. The molecule has 1 aliphatic rings. The maximum absolute atomic E-state index is 13.6. The molecule has 0 radical (unpaired) electrons. The minimum absolute atomic E-state index is 0.208. The van der Waals surface area contributed by atoms with Crippen LogP contribution in [0.1, 0.15) is 22.5 Å². The number of hydrogen-bond donors (Lipinski definition) is 2. The van der Waals surface area contributed by atoms with E-state index in [-0.39, 0.29) is 5.91 Å². The Morgan fingerprint density at radius 2 is 1.65 bits per heavy atom. The molecule has 4 rings (SSSR count). The second kappa shape index (κ2) is 9.76. The van der Waals surface area contributed by atoms with Crippen LogP contribution in [0.15, 0.2) is 42.5 Å². The van der Waals surface area contributed by atoms with Gasteiger partial charge < -0.3 is 21.1 Å². The van der Waals surface area contributed by atoms with E-state index in [0.29, 0.717) is 51.6 Å². The average Bonchev–Trinajstić information content (AvgIpc) is 3.19. The molecule has 2 heterocycles. The fraction of sp³-hybridized carbons (Fsp3) is 0.250. The predicted molar refractivity (Wildman–Crippen MR) is 138 cm³/mol. The van der Waals surface area contributed by atoms with Crippen LogP contribution in [0, 0.1) is 0 Å². The van der Waals surface area contributed by atoms with E-state index < -0.39 is 11.4 Å². The molecule has 0 aliphatic carbocycles. The summed E-state index contributed by atoms with van der Waals surface area (Å²) in [6.07, 6.45) is 0.587. The number of carbonyl (C=O) groups excluding carboxylic acids is 2. The van der Waals surface area contributed by atoms with Crippen molar-refractivity contribution >= 4 is 58.0 Å². The zero-order chi connectivity index (χ0) is 24.6. The maximum atomic E-state index is 13.6. The van der Waals surface area contributed by atoms with E-state index in [1.54, 1.807) is 29.2 Å². The lowest BCUT2D eigenvalue weighted by molar-refractivity contribution is -0.124. The molecule has 34 heavy (non-hydrogen) atoms. The lowest BCUT2D eigenvalue weighted by atomic mass is 9.88. The van der Waals surface area contributed by atoms with Crippen molar-refractivity contribution in [3.8, 4) is 27.3 Å². The number of primary amides is 1. The van der Waals surface area contributed by atoms with Crippen molar-refractivity contribution in [2.24, 2.45) is 11.5 Å². The third kappa shape index (κ3) is 4.63. The Hall–Kier alpha value is -2.29. The van der Waals surface area contributed by atoms with E-state index in [9.17, 15) is 9.59 Å². The van der Waals surface area contributed by atoms with Crippen LogP contribution in [-0.4, -0.2) is 42.5 Å². The van der Waals surface area contributed by atoms with Gasteiger partial charge in [0.2, 0.25) is 5.91 Å². The molecule has 4 N–H and O–H groups in total. The van der Waals surface area contributed by atoms with Crippen molar-refractivity contribution in [1.29, 1.82) is 0 Å². The third-order valence-corrected chi connectivity index (χ3v) is 8.00. The van der Waals surface area contributed by atoms with Crippen LogP contribution >= 0.6 is 46.1 Å². The number of likely N-dealkylation sites (tertiary alicyclic amines) is 1. The summed E-state index contributed by atoms with van der Waals surface area (Å²) < 4.78 is 5.78. The molecule has 1 saturated heterocycles. The smallest absolute Gasteiger partial charge is 0.267 e. The Bertz CT molecular complexity index is 1250. The van der Waals surface area contributed by atoms with Gasteiger partial charge in [-0.25, -0.2) is 0 Å². The molecule has 0 unspecified atom stereocenters. The lowest BCUT2D eigenvalue weighted by Crippen LogP contribution is -2.58. The Labute approximate surface area is 216 Å². The number of amides is 2. The molecule has 0 bridgehead atoms. The van der Waals surface area contributed by atoms with E-state index in [1.165, 1.54) is 18.4 Å². The van der Waals surface area contributed by atoms with Gasteiger partial charge in [-0.1, -0.05) is 53.0 Å². The summed E-state index contributed by atoms with van der Waals surface area (Å²) in [6.45, 7) is 0.624. The molecular weight excluding hydrogens is 517 g/mol. The Morgan fingerprint density at radius 1 is 1.03 bits per heavy atom. The molecule has 178 valence electrons. The summed E-state index contributed by atoms with van der Waals surface area (Å²) in [5, 5.41) is 1.56. The van der Waals surface area contributed by atoms with Gasteiger partial charge in [-0.15, -0.1) is 11.3 Å². The van der Waals surface area contributed by atoms with Crippen LogP contribution in [0.25, 0.3) is 21.6 Å². The van der Waals surface area contributed by atoms with Crippen LogP contribution in [0.2, 0.25) is 15.1 Å². The molecule has 1 fully saturated rings. The number of carbonyl (C=O) groups is 2. The van der Waals surface area contributed by atoms with Crippen molar-refractivity contribution in [2.45, 2.75) is 18.4 Å². The van der Waals surface area contributed by atoms with Gasteiger partial charge in [0.1, 0.15) is 4.88 Å². The number of ether oxygens (including phenoxy) is 1. The van der Waals surface area contributed by atoms with Gasteiger partial charge in [-0.05, 0) is 42.7 Å². The van der Waals surface area contributed by atoms with Crippen LogP contribution in [0.5, 0.6) is 5.75 Å². The van der Waals surface area contributed by atoms with Crippen molar-refractivity contribution in [3.05, 3.63) is 62.4 Å². The van der Waals surface area contributed by atoms with Crippen LogP contribution < -0.4 is 16.2 Å². The maximum Gasteiger partial charge on any atom is 0.267 e. The first kappa shape index (κ1) is 24.8. The summed E-state index contributed by atoms with van der Waals surface area (Å²) in [5.74, 6) is -0.323. The predicted octanol–water partition coefficient (Wildman–Crippen LogP) is 5.47.